The van der Waals surface area contributed by atoms with E-state index in [0.29, 0.717) is 11.3 Å². The summed E-state index contributed by atoms with van der Waals surface area (Å²) in [5.41, 5.74) is 11.3. The number of carbonyl (C=O) groups excluding carboxylic acids is 1. The van der Waals surface area contributed by atoms with Crippen molar-refractivity contribution in [3.63, 3.8) is 0 Å². The highest BCUT2D eigenvalue weighted by Gasteiger charge is 2.12. The molecule has 0 aliphatic carbocycles. The third-order valence-corrected chi connectivity index (χ3v) is 3.09. The highest BCUT2D eigenvalue weighted by atomic mass is 127. The minimum Gasteiger partial charge on any atom is -0.465 e. The van der Waals surface area contributed by atoms with Crippen LogP contribution < -0.4 is 16.2 Å². The van der Waals surface area contributed by atoms with Crippen LogP contribution in [-0.2, 0) is 4.74 Å². The molecular weight excluding hydrogens is 377 g/mol. The second kappa shape index (κ2) is 5.86. The first-order valence-corrected chi connectivity index (χ1v) is 6.40. The number of nitrogen functional groups attached to an aromatic ring is 2. The summed E-state index contributed by atoms with van der Waals surface area (Å²) in [7, 11) is 1.30. The van der Waals surface area contributed by atoms with Gasteiger partial charge in [0, 0.05) is 0 Å². The molecule has 0 saturated carbocycles. The van der Waals surface area contributed by atoms with Gasteiger partial charge >= 0.3 is 12.0 Å². The summed E-state index contributed by atoms with van der Waals surface area (Å²) >= 11 is 2.05. The number of anilines is 2. The maximum atomic E-state index is 11.5. The third kappa shape index (κ3) is 3.23. The van der Waals surface area contributed by atoms with Crippen molar-refractivity contribution in [3.8, 4) is 11.8 Å². The van der Waals surface area contributed by atoms with Crippen molar-refractivity contribution in [3.05, 3.63) is 27.3 Å². The third-order valence-electron chi connectivity index (χ3n) is 2.20. The van der Waals surface area contributed by atoms with Gasteiger partial charge in [-0.25, -0.2) is 4.79 Å². The number of halogens is 1. The normalized spacial score (nSPS) is 10.1. The number of aromatic nitrogens is 3. The molecule has 0 unspecified atom stereocenters. The summed E-state index contributed by atoms with van der Waals surface area (Å²) < 4.78 is 10.9. The van der Waals surface area contributed by atoms with E-state index < -0.39 is 5.97 Å². The molecule has 8 nitrogen and oxygen atoms in total. The van der Waals surface area contributed by atoms with Crippen LogP contribution in [0.25, 0.3) is 0 Å². The Morgan fingerprint density at radius 1 is 1.20 bits per heavy atom. The molecule has 2 aromatic rings. The maximum Gasteiger partial charge on any atom is 0.337 e. The minimum atomic E-state index is -0.471. The predicted octanol–water partition coefficient (Wildman–Crippen LogP) is 1.22. The van der Waals surface area contributed by atoms with E-state index in [1.807, 2.05) is 22.6 Å². The van der Waals surface area contributed by atoms with Crippen LogP contribution in [0.2, 0.25) is 0 Å². The lowest BCUT2D eigenvalue weighted by Crippen LogP contribution is -2.05. The van der Waals surface area contributed by atoms with Crippen LogP contribution in [0.4, 0.5) is 11.9 Å². The van der Waals surface area contributed by atoms with E-state index in [1.54, 1.807) is 12.1 Å². The number of ether oxygens (including phenoxy) is 2. The zero-order valence-electron chi connectivity index (χ0n) is 10.3. The molecule has 0 fully saturated rings. The van der Waals surface area contributed by atoms with Gasteiger partial charge in [-0.05, 0) is 40.8 Å². The molecule has 0 aliphatic rings. The van der Waals surface area contributed by atoms with Gasteiger partial charge in [-0.15, -0.1) is 0 Å². The van der Waals surface area contributed by atoms with Gasteiger partial charge in [0.15, 0.2) is 0 Å². The first-order chi connectivity index (χ1) is 9.49. The zero-order chi connectivity index (χ0) is 14.7. The van der Waals surface area contributed by atoms with E-state index in [2.05, 4.69) is 19.7 Å². The van der Waals surface area contributed by atoms with E-state index in [-0.39, 0.29) is 17.9 Å². The lowest BCUT2D eigenvalue weighted by atomic mass is 10.2. The highest BCUT2D eigenvalue weighted by molar-refractivity contribution is 14.1. The number of hydrogen-bond acceptors (Lipinski definition) is 8. The first kappa shape index (κ1) is 14.2. The summed E-state index contributed by atoms with van der Waals surface area (Å²) in [6.45, 7) is 0. The number of nitrogens with zero attached hydrogens (tertiary/aromatic N) is 3. The average molecular weight is 387 g/mol. The number of carbonyl (C=O) groups is 1. The zero-order valence-corrected chi connectivity index (χ0v) is 12.5. The molecule has 9 heteroatoms. The second-order valence-electron chi connectivity index (χ2n) is 3.57. The summed E-state index contributed by atoms with van der Waals surface area (Å²) in [4.78, 5) is 22.7. The largest absolute Gasteiger partial charge is 0.465 e. The Bertz CT molecular complexity index is 644. The van der Waals surface area contributed by atoms with Crippen molar-refractivity contribution in [1.29, 1.82) is 0 Å². The smallest absolute Gasteiger partial charge is 0.337 e. The van der Waals surface area contributed by atoms with E-state index in [0.717, 1.165) is 3.57 Å². The summed E-state index contributed by atoms with van der Waals surface area (Å²) in [6.07, 6.45) is 0. The molecular formula is C11H10IN5O3. The number of rotatable bonds is 3. The molecule has 4 N–H and O–H groups in total. The molecule has 104 valence electrons. The Morgan fingerprint density at radius 2 is 1.85 bits per heavy atom. The Balaban J connectivity index is 2.34. The molecule has 0 bridgehead atoms. The van der Waals surface area contributed by atoms with E-state index in [1.165, 1.54) is 13.2 Å². The number of nitrogens with two attached hydrogens (primary N) is 2. The standard InChI is InChI=1S/C11H10IN5O3/c1-19-8(18)5-2-3-6(12)7(4-5)20-11-16-9(13)15-10(14)17-11/h2-4H,1H3,(H4,13,14,15,16,17). The Kier molecular flexibility index (Phi) is 4.17. The molecule has 0 atom stereocenters. The van der Waals surface area contributed by atoms with Crippen molar-refractivity contribution in [2.45, 2.75) is 0 Å². The highest BCUT2D eigenvalue weighted by Crippen LogP contribution is 2.26. The van der Waals surface area contributed by atoms with Crippen molar-refractivity contribution in [1.82, 2.24) is 15.0 Å². The molecule has 1 aromatic heterocycles. The van der Waals surface area contributed by atoms with Gasteiger partial charge in [0.2, 0.25) is 11.9 Å². The van der Waals surface area contributed by atoms with E-state index >= 15 is 0 Å². The topological polar surface area (TPSA) is 126 Å². The van der Waals surface area contributed by atoms with Crippen molar-refractivity contribution >= 4 is 40.5 Å². The van der Waals surface area contributed by atoms with E-state index in [9.17, 15) is 4.79 Å². The maximum absolute atomic E-state index is 11.5. The van der Waals surface area contributed by atoms with Gasteiger partial charge in [0.05, 0.1) is 16.2 Å². The van der Waals surface area contributed by atoms with Crippen LogP contribution in [0.1, 0.15) is 10.4 Å². The molecule has 0 radical (unpaired) electrons. The summed E-state index contributed by atoms with van der Waals surface area (Å²) in [6, 6.07) is 4.80. The number of benzene rings is 1. The quantitative estimate of drug-likeness (QED) is 0.595. The van der Waals surface area contributed by atoms with Gasteiger partial charge in [-0.1, -0.05) is 0 Å². The van der Waals surface area contributed by atoms with Gasteiger partial charge < -0.3 is 20.9 Å². The van der Waals surface area contributed by atoms with Crippen molar-refractivity contribution in [2.24, 2.45) is 0 Å². The van der Waals surface area contributed by atoms with Crippen LogP contribution in [0.15, 0.2) is 18.2 Å². The van der Waals surface area contributed by atoms with Crippen LogP contribution in [0.3, 0.4) is 0 Å². The van der Waals surface area contributed by atoms with Crippen molar-refractivity contribution < 1.29 is 14.3 Å². The van der Waals surface area contributed by atoms with Crippen LogP contribution in [0.5, 0.6) is 11.8 Å². The number of hydrogen-bond donors (Lipinski definition) is 2. The van der Waals surface area contributed by atoms with Gasteiger partial charge in [-0.2, -0.15) is 15.0 Å². The second-order valence-corrected chi connectivity index (χ2v) is 4.74. The fourth-order valence-corrected chi connectivity index (χ4v) is 1.80. The fraction of sp³-hybridized carbons (Fsp3) is 0.0909. The van der Waals surface area contributed by atoms with Gasteiger partial charge in [-0.3, -0.25) is 0 Å². The van der Waals surface area contributed by atoms with Gasteiger partial charge in [0.1, 0.15) is 5.75 Å². The Hall–Kier alpha value is -2.17. The lowest BCUT2D eigenvalue weighted by molar-refractivity contribution is 0.0600. The predicted molar refractivity (Wildman–Crippen MR) is 79.2 cm³/mol. The van der Waals surface area contributed by atoms with Crippen molar-refractivity contribution in [2.75, 3.05) is 18.6 Å². The van der Waals surface area contributed by atoms with Gasteiger partial charge in [0.25, 0.3) is 0 Å². The number of esters is 1. The lowest BCUT2D eigenvalue weighted by Gasteiger charge is -2.08. The molecule has 0 saturated heterocycles. The van der Waals surface area contributed by atoms with E-state index in [4.69, 9.17) is 16.2 Å². The fourth-order valence-electron chi connectivity index (χ4n) is 1.36. The molecule has 20 heavy (non-hydrogen) atoms. The molecule has 1 heterocycles. The summed E-state index contributed by atoms with van der Waals surface area (Å²) in [5.74, 6) is -0.183. The summed E-state index contributed by atoms with van der Waals surface area (Å²) in [5, 5.41) is 0. The molecule has 1 aromatic carbocycles. The first-order valence-electron chi connectivity index (χ1n) is 5.32. The monoisotopic (exact) mass is 387 g/mol. The van der Waals surface area contributed by atoms with Crippen LogP contribution in [-0.4, -0.2) is 28.0 Å². The van der Waals surface area contributed by atoms with Crippen LogP contribution in [0, 0.1) is 3.57 Å². The molecule has 0 amide bonds. The average Bonchev–Trinajstić information content (AvgIpc) is 2.39. The molecule has 2 rings (SSSR count). The number of methoxy groups -OCH3 is 1. The van der Waals surface area contributed by atoms with Crippen LogP contribution >= 0.6 is 22.6 Å². The molecule has 0 spiro atoms. The Morgan fingerprint density at radius 3 is 2.45 bits per heavy atom. The minimum absolute atomic E-state index is 0.0464. The molecule has 0 aliphatic heterocycles. The Labute approximate surface area is 127 Å². The SMILES string of the molecule is COC(=O)c1ccc(I)c(Oc2nc(N)nc(N)n2)c1.